The van der Waals surface area contributed by atoms with Gasteiger partial charge in [-0.3, -0.25) is 14.5 Å². The Morgan fingerprint density at radius 2 is 2.22 bits per heavy atom. The van der Waals surface area contributed by atoms with Crippen LogP contribution < -0.4 is 10.2 Å². The highest BCUT2D eigenvalue weighted by molar-refractivity contribution is 5.96. The molecule has 0 aliphatic carbocycles. The average molecular weight is 313 g/mol. The van der Waals surface area contributed by atoms with E-state index in [4.69, 9.17) is 0 Å². The highest BCUT2D eigenvalue weighted by Gasteiger charge is 2.42. The molecule has 0 bridgehead atoms. The van der Waals surface area contributed by atoms with Crippen LogP contribution in [-0.2, 0) is 16.0 Å². The molecule has 122 valence electrons. The van der Waals surface area contributed by atoms with Crippen LogP contribution in [0.3, 0.4) is 0 Å². The van der Waals surface area contributed by atoms with E-state index in [1.54, 1.807) is 0 Å². The molecule has 2 atom stereocenters. The van der Waals surface area contributed by atoms with E-state index in [0.29, 0.717) is 12.5 Å². The number of aryl methyl sites for hydroxylation is 2. The lowest BCUT2D eigenvalue weighted by atomic mass is 9.99. The third-order valence-electron chi connectivity index (χ3n) is 5.41. The number of fused-ring (bicyclic) bond motifs is 2. The Morgan fingerprint density at radius 1 is 1.35 bits per heavy atom. The van der Waals surface area contributed by atoms with Gasteiger partial charge in [0.05, 0.1) is 12.5 Å². The Morgan fingerprint density at radius 3 is 3.04 bits per heavy atom. The van der Waals surface area contributed by atoms with Gasteiger partial charge in [0.15, 0.2) is 0 Å². The van der Waals surface area contributed by atoms with Gasteiger partial charge in [-0.15, -0.1) is 0 Å². The molecule has 3 heterocycles. The Kier molecular flexibility index (Phi) is 3.60. The highest BCUT2D eigenvalue weighted by atomic mass is 16.2. The second-order valence-electron chi connectivity index (χ2n) is 7.09. The number of hydrogen-bond acceptors (Lipinski definition) is 3. The van der Waals surface area contributed by atoms with Crippen molar-refractivity contribution < 1.29 is 9.59 Å². The number of nitrogens with one attached hydrogen (secondary N) is 1. The monoisotopic (exact) mass is 313 g/mol. The topological polar surface area (TPSA) is 52.7 Å². The maximum atomic E-state index is 12.8. The van der Waals surface area contributed by atoms with Gasteiger partial charge in [0, 0.05) is 37.8 Å². The summed E-state index contributed by atoms with van der Waals surface area (Å²) in [7, 11) is 0. The second-order valence-corrected chi connectivity index (χ2v) is 7.09. The summed E-state index contributed by atoms with van der Waals surface area (Å²) in [4.78, 5) is 28.6. The number of carbonyl (C=O) groups excluding carboxylic acids is 2. The summed E-state index contributed by atoms with van der Waals surface area (Å²) < 4.78 is 0. The lowest BCUT2D eigenvalue weighted by Gasteiger charge is -2.31. The van der Waals surface area contributed by atoms with Gasteiger partial charge in [-0.2, -0.15) is 0 Å². The minimum atomic E-state index is 0.0825. The Balaban J connectivity index is 1.46. The van der Waals surface area contributed by atoms with E-state index in [-0.39, 0.29) is 17.7 Å². The first-order valence-corrected chi connectivity index (χ1v) is 8.52. The third kappa shape index (κ3) is 2.63. The number of nitrogens with zero attached hydrogens (tertiary/aromatic N) is 2. The van der Waals surface area contributed by atoms with Gasteiger partial charge >= 0.3 is 0 Å². The van der Waals surface area contributed by atoms with E-state index in [1.165, 1.54) is 11.1 Å². The zero-order chi connectivity index (χ0) is 16.0. The molecule has 2 saturated heterocycles. The molecule has 5 heteroatoms. The molecule has 0 saturated carbocycles. The zero-order valence-electron chi connectivity index (χ0n) is 13.5. The lowest BCUT2D eigenvalue weighted by Crippen LogP contribution is -2.43. The fraction of sp³-hybridized carbons (Fsp3) is 0.556. The van der Waals surface area contributed by atoms with E-state index < -0.39 is 0 Å². The number of anilines is 1. The maximum absolute atomic E-state index is 12.8. The fourth-order valence-corrected chi connectivity index (χ4v) is 4.22. The summed E-state index contributed by atoms with van der Waals surface area (Å²) in [6.07, 6.45) is 2.07. The van der Waals surface area contributed by atoms with Crippen LogP contribution in [0.4, 0.5) is 5.69 Å². The molecule has 1 aromatic rings. The van der Waals surface area contributed by atoms with Gasteiger partial charge in [0.1, 0.15) is 0 Å². The first kappa shape index (κ1) is 14.7. The molecule has 1 N–H and O–H groups in total. The molecular weight excluding hydrogens is 290 g/mol. The molecule has 0 aromatic heterocycles. The first-order valence-electron chi connectivity index (χ1n) is 8.52. The van der Waals surface area contributed by atoms with Crippen molar-refractivity contribution in [3.8, 4) is 0 Å². The summed E-state index contributed by atoms with van der Waals surface area (Å²) in [5, 5.41) is 2.92. The van der Waals surface area contributed by atoms with Gasteiger partial charge in [0.25, 0.3) is 0 Å². The minimum Gasteiger partial charge on any atom is -0.355 e. The predicted octanol–water partition coefficient (Wildman–Crippen LogP) is 0.952. The molecule has 1 aromatic carbocycles. The molecule has 23 heavy (non-hydrogen) atoms. The maximum Gasteiger partial charge on any atom is 0.241 e. The van der Waals surface area contributed by atoms with Crippen molar-refractivity contribution in [2.75, 3.05) is 37.6 Å². The summed E-state index contributed by atoms with van der Waals surface area (Å²) in [5.74, 6) is 0.782. The smallest absolute Gasteiger partial charge is 0.241 e. The van der Waals surface area contributed by atoms with Gasteiger partial charge in [-0.25, -0.2) is 0 Å². The van der Waals surface area contributed by atoms with Crippen LogP contribution in [0.2, 0.25) is 0 Å². The Bertz CT molecular complexity index is 658. The van der Waals surface area contributed by atoms with Crippen LogP contribution in [0.1, 0.15) is 17.5 Å². The number of benzene rings is 1. The molecular formula is C18H23N3O2. The Hall–Kier alpha value is -1.88. The fourth-order valence-electron chi connectivity index (χ4n) is 4.22. The van der Waals surface area contributed by atoms with Crippen LogP contribution in [0.25, 0.3) is 0 Å². The SMILES string of the molecule is Cc1ccc2c(c1)CCCN2C(=O)CN1C[C@@H]2CNC(=O)[C@@H]2C1. The summed E-state index contributed by atoms with van der Waals surface area (Å²) >= 11 is 0. The predicted molar refractivity (Wildman–Crippen MR) is 88.3 cm³/mol. The summed E-state index contributed by atoms with van der Waals surface area (Å²) in [6, 6.07) is 6.35. The summed E-state index contributed by atoms with van der Waals surface area (Å²) in [5.41, 5.74) is 3.60. The largest absolute Gasteiger partial charge is 0.355 e. The van der Waals surface area contributed by atoms with Gasteiger partial charge in [-0.05, 0) is 31.4 Å². The van der Waals surface area contributed by atoms with Crippen LogP contribution >= 0.6 is 0 Å². The lowest BCUT2D eigenvalue weighted by molar-refractivity contribution is -0.123. The van der Waals surface area contributed by atoms with E-state index in [1.807, 2.05) is 4.90 Å². The highest BCUT2D eigenvalue weighted by Crippen LogP contribution is 2.30. The molecule has 3 aliphatic rings. The average Bonchev–Trinajstić information content (AvgIpc) is 3.08. The van der Waals surface area contributed by atoms with Crippen molar-refractivity contribution in [1.29, 1.82) is 0 Å². The third-order valence-corrected chi connectivity index (χ3v) is 5.41. The van der Waals surface area contributed by atoms with Crippen molar-refractivity contribution in [2.24, 2.45) is 11.8 Å². The first-order chi connectivity index (χ1) is 11.1. The molecule has 4 rings (SSSR count). The van der Waals surface area contributed by atoms with Crippen molar-refractivity contribution in [2.45, 2.75) is 19.8 Å². The Labute approximate surface area is 136 Å². The van der Waals surface area contributed by atoms with Gasteiger partial charge in [-0.1, -0.05) is 17.7 Å². The molecule has 2 amide bonds. The molecule has 5 nitrogen and oxygen atoms in total. The van der Waals surface area contributed by atoms with Crippen LogP contribution in [0.15, 0.2) is 18.2 Å². The number of amides is 2. The van der Waals surface area contributed by atoms with Crippen molar-refractivity contribution >= 4 is 17.5 Å². The minimum absolute atomic E-state index is 0.0825. The number of carbonyl (C=O) groups is 2. The van der Waals surface area contributed by atoms with E-state index in [2.05, 4.69) is 35.3 Å². The van der Waals surface area contributed by atoms with Gasteiger partial charge in [0.2, 0.25) is 11.8 Å². The number of rotatable bonds is 2. The van der Waals surface area contributed by atoms with Crippen LogP contribution in [0, 0.1) is 18.8 Å². The second kappa shape index (κ2) is 5.64. The molecule has 2 fully saturated rings. The van der Waals surface area contributed by atoms with Crippen LogP contribution in [-0.4, -0.2) is 49.4 Å². The number of likely N-dealkylation sites (tertiary alicyclic amines) is 1. The zero-order valence-corrected chi connectivity index (χ0v) is 13.5. The van der Waals surface area contributed by atoms with Crippen molar-refractivity contribution in [1.82, 2.24) is 10.2 Å². The molecule has 0 radical (unpaired) electrons. The number of hydrogen-bond donors (Lipinski definition) is 1. The normalized spacial score (nSPS) is 26.8. The standard InChI is InChI=1S/C18H23N3O2/c1-12-4-5-16-13(7-12)3-2-6-21(16)17(22)11-20-9-14-8-19-18(23)15(14)10-20/h4-5,7,14-15H,2-3,6,8-11H2,1H3,(H,19,23)/t14-,15+/m0/s1. The molecule has 0 spiro atoms. The quantitative estimate of drug-likeness (QED) is 0.884. The summed E-state index contributed by atoms with van der Waals surface area (Å²) in [6.45, 7) is 5.65. The van der Waals surface area contributed by atoms with Crippen LogP contribution in [0.5, 0.6) is 0 Å². The van der Waals surface area contributed by atoms with E-state index in [9.17, 15) is 9.59 Å². The van der Waals surface area contributed by atoms with E-state index in [0.717, 1.165) is 44.7 Å². The molecule has 3 aliphatic heterocycles. The van der Waals surface area contributed by atoms with Gasteiger partial charge < -0.3 is 10.2 Å². The van der Waals surface area contributed by atoms with Crippen molar-refractivity contribution in [3.63, 3.8) is 0 Å². The molecule has 0 unspecified atom stereocenters. The van der Waals surface area contributed by atoms with E-state index >= 15 is 0 Å². The van der Waals surface area contributed by atoms with Crippen molar-refractivity contribution in [3.05, 3.63) is 29.3 Å².